The number of carbonyl (C=O) groups excluding carboxylic acids is 2. The van der Waals surface area contributed by atoms with Gasteiger partial charge in [-0.1, -0.05) is 18.2 Å². The summed E-state index contributed by atoms with van der Waals surface area (Å²) < 4.78 is 24.1. The van der Waals surface area contributed by atoms with Crippen molar-refractivity contribution in [2.75, 3.05) is 14.2 Å². The highest BCUT2D eigenvalue weighted by molar-refractivity contribution is 5.93. The molecule has 6 heteroatoms. The molecular formula is C21H20FNO4. The van der Waals surface area contributed by atoms with Crippen molar-refractivity contribution >= 4 is 11.7 Å². The highest BCUT2D eigenvalue weighted by Gasteiger charge is 2.29. The lowest BCUT2D eigenvalue weighted by atomic mass is 9.96. The molecule has 140 valence electrons. The minimum atomic E-state index is -0.522. The van der Waals surface area contributed by atoms with Crippen LogP contribution in [0.5, 0.6) is 11.5 Å². The Labute approximate surface area is 157 Å². The molecule has 5 nitrogen and oxygen atoms in total. The quantitative estimate of drug-likeness (QED) is 0.810. The summed E-state index contributed by atoms with van der Waals surface area (Å²) in [6.45, 7) is 0. The van der Waals surface area contributed by atoms with Gasteiger partial charge in [0.1, 0.15) is 5.82 Å². The summed E-state index contributed by atoms with van der Waals surface area (Å²) >= 11 is 0. The number of ether oxygens (including phenoxy) is 2. The van der Waals surface area contributed by atoms with E-state index < -0.39 is 11.9 Å². The zero-order valence-electron chi connectivity index (χ0n) is 15.1. The van der Waals surface area contributed by atoms with Gasteiger partial charge in [0.15, 0.2) is 17.3 Å². The molecule has 1 aliphatic rings. The maximum atomic E-state index is 13.6. The molecule has 0 saturated carbocycles. The summed E-state index contributed by atoms with van der Waals surface area (Å²) in [7, 11) is 3.07. The van der Waals surface area contributed by atoms with E-state index >= 15 is 0 Å². The van der Waals surface area contributed by atoms with Gasteiger partial charge in [-0.15, -0.1) is 0 Å². The van der Waals surface area contributed by atoms with Crippen molar-refractivity contribution in [1.29, 1.82) is 0 Å². The Hall–Kier alpha value is -3.15. The number of benzene rings is 2. The van der Waals surface area contributed by atoms with Crippen LogP contribution in [0.3, 0.4) is 0 Å². The summed E-state index contributed by atoms with van der Waals surface area (Å²) in [5, 5.41) is 0. The smallest absolute Gasteiger partial charge is 0.231 e. The lowest BCUT2D eigenvalue weighted by Gasteiger charge is -2.31. The third-order valence-electron chi connectivity index (χ3n) is 4.48. The highest BCUT2D eigenvalue weighted by atomic mass is 19.1. The summed E-state index contributed by atoms with van der Waals surface area (Å²) in [6, 6.07) is 10.7. The second-order valence-electron chi connectivity index (χ2n) is 6.22. The van der Waals surface area contributed by atoms with Gasteiger partial charge < -0.3 is 14.4 Å². The lowest BCUT2D eigenvalue weighted by Crippen LogP contribution is -2.35. The standard InChI is InChI=1S/C21H20FNO4/c1-26-19-7-6-14(10-20(19)27-2)11-21(25)23-9-8-17(24)13-18(23)15-4-3-5-16(22)12-15/h3-10,12,18H,11,13H2,1-2H3. The molecule has 3 rings (SSSR count). The van der Waals surface area contributed by atoms with Crippen LogP contribution in [0.1, 0.15) is 23.6 Å². The van der Waals surface area contributed by atoms with Gasteiger partial charge in [0.25, 0.3) is 0 Å². The fourth-order valence-corrected chi connectivity index (χ4v) is 3.13. The molecule has 0 bridgehead atoms. The van der Waals surface area contributed by atoms with Crippen LogP contribution in [0.4, 0.5) is 4.39 Å². The van der Waals surface area contributed by atoms with Gasteiger partial charge in [-0.05, 0) is 41.5 Å². The number of allylic oxidation sites excluding steroid dienone is 1. The number of rotatable bonds is 5. The van der Waals surface area contributed by atoms with Gasteiger partial charge in [0.05, 0.1) is 26.7 Å². The van der Waals surface area contributed by atoms with Crippen molar-refractivity contribution < 1.29 is 23.5 Å². The van der Waals surface area contributed by atoms with Crippen molar-refractivity contribution in [3.8, 4) is 11.5 Å². The molecule has 2 aromatic rings. The van der Waals surface area contributed by atoms with Crippen molar-refractivity contribution in [2.45, 2.75) is 18.9 Å². The predicted octanol–water partition coefficient (Wildman–Crippen LogP) is 3.44. The molecule has 0 N–H and O–H groups in total. The van der Waals surface area contributed by atoms with Crippen LogP contribution in [0.15, 0.2) is 54.7 Å². The lowest BCUT2D eigenvalue weighted by molar-refractivity contribution is -0.131. The number of amides is 1. The number of hydrogen-bond acceptors (Lipinski definition) is 4. The second kappa shape index (κ2) is 8.03. The van der Waals surface area contributed by atoms with E-state index in [4.69, 9.17) is 9.47 Å². The maximum Gasteiger partial charge on any atom is 0.231 e. The Morgan fingerprint density at radius 1 is 1.15 bits per heavy atom. The monoisotopic (exact) mass is 369 g/mol. The van der Waals surface area contributed by atoms with Gasteiger partial charge in [-0.25, -0.2) is 4.39 Å². The molecule has 1 aliphatic heterocycles. The normalized spacial score (nSPS) is 16.3. The van der Waals surface area contributed by atoms with Crippen molar-refractivity contribution in [3.05, 3.63) is 71.7 Å². The van der Waals surface area contributed by atoms with Crippen molar-refractivity contribution in [2.24, 2.45) is 0 Å². The van der Waals surface area contributed by atoms with Crippen LogP contribution in [-0.2, 0) is 16.0 Å². The molecule has 27 heavy (non-hydrogen) atoms. The molecule has 1 unspecified atom stereocenters. The summed E-state index contributed by atoms with van der Waals surface area (Å²) in [4.78, 5) is 26.3. The van der Waals surface area contributed by atoms with Crippen LogP contribution in [0, 0.1) is 5.82 Å². The zero-order chi connectivity index (χ0) is 19.4. The number of methoxy groups -OCH3 is 2. The van der Waals surface area contributed by atoms with E-state index in [2.05, 4.69) is 0 Å². The highest BCUT2D eigenvalue weighted by Crippen LogP contribution is 2.31. The third kappa shape index (κ3) is 4.16. The molecule has 0 fully saturated rings. The van der Waals surface area contributed by atoms with Crippen LogP contribution < -0.4 is 9.47 Å². The average Bonchev–Trinajstić information content (AvgIpc) is 2.67. The Morgan fingerprint density at radius 3 is 2.63 bits per heavy atom. The molecule has 1 atom stereocenters. The molecule has 0 spiro atoms. The van der Waals surface area contributed by atoms with E-state index in [1.807, 2.05) is 0 Å². The summed E-state index contributed by atoms with van der Waals surface area (Å²) in [5.74, 6) is 0.421. The van der Waals surface area contributed by atoms with Crippen molar-refractivity contribution in [1.82, 2.24) is 4.90 Å². The molecule has 1 amide bonds. The topological polar surface area (TPSA) is 55.8 Å². The fraction of sp³-hybridized carbons (Fsp3) is 0.238. The van der Waals surface area contributed by atoms with Crippen LogP contribution in [0.2, 0.25) is 0 Å². The first-order chi connectivity index (χ1) is 13.0. The molecule has 1 heterocycles. The molecule has 0 saturated heterocycles. The molecule has 0 aromatic heterocycles. The fourth-order valence-electron chi connectivity index (χ4n) is 3.13. The van der Waals surface area contributed by atoms with E-state index in [9.17, 15) is 14.0 Å². The maximum absolute atomic E-state index is 13.6. The average molecular weight is 369 g/mol. The molecule has 0 radical (unpaired) electrons. The Morgan fingerprint density at radius 2 is 1.93 bits per heavy atom. The van der Waals surface area contributed by atoms with Crippen LogP contribution >= 0.6 is 0 Å². The summed E-state index contributed by atoms with van der Waals surface area (Å²) in [5.41, 5.74) is 1.34. The zero-order valence-corrected chi connectivity index (χ0v) is 15.1. The van der Waals surface area contributed by atoms with Crippen LogP contribution in [-0.4, -0.2) is 30.8 Å². The Bertz CT molecular complexity index is 894. The van der Waals surface area contributed by atoms with E-state index in [-0.39, 0.29) is 24.5 Å². The van der Waals surface area contributed by atoms with Gasteiger partial charge in [-0.3, -0.25) is 9.59 Å². The van der Waals surface area contributed by atoms with Gasteiger partial charge >= 0.3 is 0 Å². The van der Waals surface area contributed by atoms with Crippen molar-refractivity contribution in [3.63, 3.8) is 0 Å². The summed E-state index contributed by atoms with van der Waals surface area (Å²) in [6.07, 6.45) is 3.09. The first-order valence-electron chi connectivity index (χ1n) is 8.50. The first-order valence-corrected chi connectivity index (χ1v) is 8.50. The largest absolute Gasteiger partial charge is 0.493 e. The predicted molar refractivity (Wildman–Crippen MR) is 98.0 cm³/mol. The Kier molecular flexibility index (Phi) is 5.54. The van der Waals surface area contributed by atoms with E-state index in [0.717, 1.165) is 5.56 Å². The van der Waals surface area contributed by atoms with Gasteiger partial charge in [0, 0.05) is 12.6 Å². The Balaban J connectivity index is 1.85. The van der Waals surface area contributed by atoms with Gasteiger partial charge in [-0.2, -0.15) is 0 Å². The molecule has 0 aliphatic carbocycles. The SMILES string of the molecule is COc1ccc(CC(=O)N2C=CC(=O)CC2c2cccc(F)c2)cc1OC. The van der Waals surface area contributed by atoms with Crippen LogP contribution in [0.25, 0.3) is 0 Å². The van der Waals surface area contributed by atoms with E-state index in [0.29, 0.717) is 17.1 Å². The van der Waals surface area contributed by atoms with E-state index in [1.54, 1.807) is 37.4 Å². The number of carbonyl (C=O) groups is 2. The molecular weight excluding hydrogens is 349 g/mol. The first kappa shape index (κ1) is 18.6. The third-order valence-corrected chi connectivity index (χ3v) is 4.48. The second-order valence-corrected chi connectivity index (χ2v) is 6.22. The van der Waals surface area contributed by atoms with E-state index in [1.165, 1.54) is 36.4 Å². The molecule has 2 aromatic carbocycles. The number of ketones is 1. The minimum absolute atomic E-state index is 0.0978. The number of halogens is 1. The minimum Gasteiger partial charge on any atom is -0.493 e. The number of nitrogens with zero attached hydrogens (tertiary/aromatic N) is 1. The van der Waals surface area contributed by atoms with Gasteiger partial charge in [0.2, 0.25) is 5.91 Å². The number of hydrogen-bond donors (Lipinski definition) is 0.